The highest BCUT2D eigenvalue weighted by molar-refractivity contribution is 5.81. The lowest BCUT2D eigenvalue weighted by Crippen LogP contribution is -2.40. The van der Waals surface area contributed by atoms with Crippen LogP contribution in [0.2, 0.25) is 0 Å². The maximum absolute atomic E-state index is 11.7. The van der Waals surface area contributed by atoms with E-state index in [0.29, 0.717) is 24.5 Å². The van der Waals surface area contributed by atoms with Crippen LogP contribution in [-0.2, 0) is 11.3 Å². The second-order valence-corrected chi connectivity index (χ2v) is 4.30. The van der Waals surface area contributed by atoms with Crippen molar-refractivity contribution in [1.29, 1.82) is 0 Å². The third-order valence-electron chi connectivity index (χ3n) is 2.85. The summed E-state index contributed by atoms with van der Waals surface area (Å²) in [6.07, 6.45) is 1.59. The maximum Gasteiger partial charge on any atom is 0.237 e. The van der Waals surface area contributed by atoms with E-state index in [2.05, 4.69) is 5.32 Å². The monoisotopic (exact) mass is 266 g/mol. The number of ether oxygens (including phenoxy) is 2. The fourth-order valence-corrected chi connectivity index (χ4v) is 1.75. The molecule has 1 unspecified atom stereocenters. The average Bonchev–Trinajstić information content (AvgIpc) is 2.44. The van der Waals surface area contributed by atoms with Gasteiger partial charge in [0.1, 0.15) is 0 Å². The Bertz CT molecular complexity index is 421. The molecule has 0 aliphatic rings. The number of hydrogen-bond donors (Lipinski definition) is 2. The van der Waals surface area contributed by atoms with Crippen LogP contribution in [0.3, 0.4) is 0 Å². The molecule has 0 saturated carbocycles. The standard InChI is InChI=1S/C14H22N2O3/c1-4-5-11(15)14(17)16-9-10-6-7-12(18-2)13(8-10)19-3/h6-8,11H,4-5,9,15H2,1-3H3,(H,16,17). The first-order valence-corrected chi connectivity index (χ1v) is 6.36. The Balaban J connectivity index is 2.60. The van der Waals surface area contributed by atoms with Gasteiger partial charge in [0.2, 0.25) is 5.91 Å². The molecule has 0 heterocycles. The molecule has 0 aliphatic carbocycles. The number of hydrogen-bond acceptors (Lipinski definition) is 4. The quantitative estimate of drug-likeness (QED) is 0.783. The second kappa shape index (κ2) is 7.63. The summed E-state index contributed by atoms with van der Waals surface area (Å²) in [7, 11) is 3.17. The van der Waals surface area contributed by atoms with Crippen LogP contribution < -0.4 is 20.5 Å². The first-order valence-electron chi connectivity index (χ1n) is 6.36. The van der Waals surface area contributed by atoms with Crippen LogP contribution in [-0.4, -0.2) is 26.2 Å². The highest BCUT2D eigenvalue weighted by Gasteiger charge is 2.12. The number of methoxy groups -OCH3 is 2. The summed E-state index contributed by atoms with van der Waals surface area (Å²) >= 11 is 0. The van der Waals surface area contributed by atoms with E-state index in [1.165, 1.54) is 0 Å². The summed E-state index contributed by atoms with van der Waals surface area (Å²) in [5, 5.41) is 2.81. The minimum Gasteiger partial charge on any atom is -0.493 e. The fraction of sp³-hybridized carbons (Fsp3) is 0.500. The molecule has 0 saturated heterocycles. The zero-order valence-corrected chi connectivity index (χ0v) is 11.7. The van der Waals surface area contributed by atoms with Crippen LogP contribution in [0.15, 0.2) is 18.2 Å². The minimum absolute atomic E-state index is 0.128. The molecule has 1 rings (SSSR count). The van der Waals surface area contributed by atoms with Gasteiger partial charge in [0.15, 0.2) is 11.5 Å². The largest absolute Gasteiger partial charge is 0.493 e. The van der Waals surface area contributed by atoms with Crippen molar-refractivity contribution in [3.8, 4) is 11.5 Å². The normalized spacial score (nSPS) is 11.8. The van der Waals surface area contributed by atoms with Crippen molar-refractivity contribution in [3.63, 3.8) is 0 Å². The first-order chi connectivity index (χ1) is 9.12. The molecule has 0 radical (unpaired) electrons. The lowest BCUT2D eigenvalue weighted by molar-refractivity contribution is -0.122. The molecule has 0 bridgehead atoms. The number of nitrogens with one attached hydrogen (secondary N) is 1. The van der Waals surface area contributed by atoms with Gasteiger partial charge in [-0.2, -0.15) is 0 Å². The molecule has 0 spiro atoms. The predicted molar refractivity (Wildman–Crippen MR) is 74.3 cm³/mol. The third kappa shape index (κ3) is 4.44. The fourth-order valence-electron chi connectivity index (χ4n) is 1.75. The SMILES string of the molecule is CCCC(N)C(=O)NCc1ccc(OC)c(OC)c1. The molecular formula is C14H22N2O3. The average molecular weight is 266 g/mol. The van der Waals surface area contributed by atoms with Crippen molar-refractivity contribution >= 4 is 5.91 Å². The maximum atomic E-state index is 11.7. The lowest BCUT2D eigenvalue weighted by Gasteiger charge is -2.13. The van der Waals surface area contributed by atoms with Crippen molar-refractivity contribution in [2.45, 2.75) is 32.4 Å². The van der Waals surface area contributed by atoms with Crippen LogP contribution >= 0.6 is 0 Å². The van der Waals surface area contributed by atoms with Gasteiger partial charge in [0, 0.05) is 6.54 Å². The topological polar surface area (TPSA) is 73.6 Å². The molecule has 19 heavy (non-hydrogen) atoms. The molecule has 1 aromatic carbocycles. The molecule has 1 aromatic rings. The Morgan fingerprint density at radius 1 is 1.32 bits per heavy atom. The third-order valence-corrected chi connectivity index (χ3v) is 2.85. The number of carbonyl (C=O) groups excluding carboxylic acids is 1. The first kappa shape index (κ1) is 15.3. The number of benzene rings is 1. The molecule has 5 nitrogen and oxygen atoms in total. The molecule has 0 aromatic heterocycles. The van der Waals surface area contributed by atoms with Crippen LogP contribution in [0.25, 0.3) is 0 Å². The molecule has 5 heteroatoms. The van der Waals surface area contributed by atoms with Crippen molar-refractivity contribution in [3.05, 3.63) is 23.8 Å². The molecule has 0 aliphatic heterocycles. The van der Waals surface area contributed by atoms with Crippen molar-refractivity contribution in [1.82, 2.24) is 5.32 Å². The van der Waals surface area contributed by atoms with E-state index in [1.807, 2.05) is 25.1 Å². The van der Waals surface area contributed by atoms with E-state index in [0.717, 1.165) is 12.0 Å². The van der Waals surface area contributed by atoms with E-state index in [9.17, 15) is 4.79 Å². The summed E-state index contributed by atoms with van der Waals surface area (Å²) in [6.45, 7) is 2.43. The zero-order chi connectivity index (χ0) is 14.3. The van der Waals surface area contributed by atoms with Crippen LogP contribution in [0.5, 0.6) is 11.5 Å². The van der Waals surface area contributed by atoms with E-state index in [1.54, 1.807) is 14.2 Å². The van der Waals surface area contributed by atoms with Crippen LogP contribution in [0.1, 0.15) is 25.3 Å². The van der Waals surface area contributed by atoms with Gasteiger partial charge in [-0.3, -0.25) is 4.79 Å². The summed E-state index contributed by atoms with van der Waals surface area (Å²) in [5.74, 6) is 1.18. The lowest BCUT2D eigenvalue weighted by atomic mass is 10.1. The number of amides is 1. The van der Waals surface area contributed by atoms with Gasteiger partial charge in [-0.15, -0.1) is 0 Å². The van der Waals surface area contributed by atoms with E-state index in [4.69, 9.17) is 15.2 Å². The van der Waals surface area contributed by atoms with Gasteiger partial charge in [-0.25, -0.2) is 0 Å². The Morgan fingerprint density at radius 3 is 2.58 bits per heavy atom. The summed E-state index contributed by atoms with van der Waals surface area (Å²) in [4.78, 5) is 11.7. The summed E-state index contributed by atoms with van der Waals surface area (Å²) in [5.41, 5.74) is 6.68. The molecular weight excluding hydrogens is 244 g/mol. The van der Waals surface area contributed by atoms with Gasteiger partial charge in [0.05, 0.1) is 20.3 Å². The van der Waals surface area contributed by atoms with Crippen molar-refractivity contribution in [2.75, 3.05) is 14.2 Å². The second-order valence-electron chi connectivity index (χ2n) is 4.30. The molecule has 3 N–H and O–H groups in total. The zero-order valence-electron chi connectivity index (χ0n) is 11.7. The van der Waals surface area contributed by atoms with Crippen molar-refractivity contribution < 1.29 is 14.3 Å². The number of nitrogens with two attached hydrogens (primary N) is 1. The van der Waals surface area contributed by atoms with Gasteiger partial charge < -0.3 is 20.5 Å². The minimum atomic E-state index is -0.440. The number of carbonyl (C=O) groups is 1. The predicted octanol–water partition coefficient (Wildman–Crippen LogP) is 1.45. The van der Waals surface area contributed by atoms with Gasteiger partial charge >= 0.3 is 0 Å². The summed E-state index contributed by atoms with van der Waals surface area (Å²) in [6, 6.07) is 5.09. The Labute approximate surface area is 114 Å². The highest BCUT2D eigenvalue weighted by Crippen LogP contribution is 2.27. The highest BCUT2D eigenvalue weighted by atomic mass is 16.5. The molecule has 0 fully saturated rings. The van der Waals surface area contributed by atoms with Gasteiger partial charge in [-0.05, 0) is 24.1 Å². The summed E-state index contributed by atoms with van der Waals surface area (Å²) < 4.78 is 10.4. The van der Waals surface area contributed by atoms with Crippen LogP contribution in [0.4, 0.5) is 0 Å². The Hall–Kier alpha value is -1.75. The van der Waals surface area contributed by atoms with Gasteiger partial charge in [-0.1, -0.05) is 19.4 Å². The van der Waals surface area contributed by atoms with Crippen molar-refractivity contribution in [2.24, 2.45) is 5.73 Å². The Kier molecular flexibility index (Phi) is 6.15. The smallest absolute Gasteiger partial charge is 0.237 e. The molecule has 1 atom stereocenters. The molecule has 106 valence electrons. The Morgan fingerprint density at radius 2 is 2.00 bits per heavy atom. The van der Waals surface area contributed by atoms with E-state index in [-0.39, 0.29) is 5.91 Å². The van der Waals surface area contributed by atoms with Gasteiger partial charge in [0.25, 0.3) is 0 Å². The molecule has 1 amide bonds. The van der Waals surface area contributed by atoms with Crippen LogP contribution in [0, 0.1) is 0 Å². The van der Waals surface area contributed by atoms with E-state index >= 15 is 0 Å². The van der Waals surface area contributed by atoms with E-state index < -0.39 is 6.04 Å². The number of rotatable bonds is 7.